The highest BCUT2D eigenvalue weighted by atomic mass is 35.5. The van der Waals surface area contributed by atoms with Crippen LogP contribution in [0, 0.1) is 6.92 Å². The second-order valence-electron chi connectivity index (χ2n) is 5.32. The van der Waals surface area contributed by atoms with Crippen molar-refractivity contribution in [3.8, 4) is 0 Å². The Balaban J connectivity index is 2.32. The molecule has 0 atom stereocenters. The standard InChI is InChI=1S/C18H23ClN2/c1-4-11-20-13-15-8-6-10-17(19)18(15)21(3)16-9-5-7-14(2)12-16/h5-10,12,20H,4,11,13H2,1-3H3. The molecule has 112 valence electrons. The molecule has 0 spiro atoms. The molecule has 2 aromatic rings. The van der Waals surface area contributed by atoms with Crippen molar-refractivity contribution in [2.45, 2.75) is 26.8 Å². The van der Waals surface area contributed by atoms with E-state index in [1.807, 2.05) is 12.1 Å². The molecule has 2 nitrogen and oxygen atoms in total. The minimum Gasteiger partial charge on any atom is -0.343 e. The first kappa shape index (κ1) is 15.9. The summed E-state index contributed by atoms with van der Waals surface area (Å²) in [4.78, 5) is 2.16. The monoisotopic (exact) mass is 302 g/mol. The summed E-state index contributed by atoms with van der Waals surface area (Å²) in [5.74, 6) is 0. The topological polar surface area (TPSA) is 15.3 Å². The summed E-state index contributed by atoms with van der Waals surface area (Å²) >= 11 is 6.46. The van der Waals surface area contributed by atoms with E-state index in [0.29, 0.717) is 0 Å². The van der Waals surface area contributed by atoms with Crippen LogP contribution in [0.1, 0.15) is 24.5 Å². The van der Waals surface area contributed by atoms with E-state index >= 15 is 0 Å². The normalized spacial score (nSPS) is 10.7. The third kappa shape index (κ3) is 3.99. The third-order valence-corrected chi connectivity index (χ3v) is 3.84. The highest BCUT2D eigenvalue weighted by Gasteiger charge is 2.13. The van der Waals surface area contributed by atoms with Crippen LogP contribution < -0.4 is 10.2 Å². The maximum absolute atomic E-state index is 6.46. The highest BCUT2D eigenvalue weighted by Crippen LogP contribution is 2.34. The van der Waals surface area contributed by atoms with Gasteiger partial charge in [0, 0.05) is 19.3 Å². The van der Waals surface area contributed by atoms with Crippen LogP contribution in [0.5, 0.6) is 0 Å². The number of rotatable bonds is 6. The number of para-hydroxylation sites is 1. The fourth-order valence-corrected chi connectivity index (χ4v) is 2.76. The summed E-state index contributed by atoms with van der Waals surface area (Å²) in [6.07, 6.45) is 1.13. The van der Waals surface area contributed by atoms with E-state index < -0.39 is 0 Å². The minimum absolute atomic E-state index is 0.787. The van der Waals surface area contributed by atoms with Crippen molar-refractivity contribution in [2.75, 3.05) is 18.5 Å². The van der Waals surface area contributed by atoms with Crippen LogP contribution in [0.3, 0.4) is 0 Å². The number of benzene rings is 2. The molecule has 0 fully saturated rings. The van der Waals surface area contributed by atoms with E-state index in [1.165, 1.54) is 11.1 Å². The summed E-state index contributed by atoms with van der Waals surface area (Å²) in [6.45, 7) is 6.12. The molecule has 0 heterocycles. The zero-order valence-corrected chi connectivity index (χ0v) is 13.7. The predicted octanol–water partition coefficient (Wildman–Crippen LogP) is 4.92. The van der Waals surface area contributed by atoms with Gasteiger partial charge >= 0.3 is 0 Å². The zero-order valence-electron chi connectivity index (χ0n) is 13.0. The van der Waals surface area contributed by atoms with Crippen molar-refractivity contribution in [3.63, 3.8) is 0 Å². The quantitative estimate of drug-likeness (QED) is 0.762. The van der Waals surface area contributed by atoms with Gasteiger partial charge in [-0.05, 0) is 49.2 Å². The molecule has 0 aliphatic heterocycles. The Morgan fingerprint density at radius 3 is 2.62 bits per heavy atom. The molecule has 2 aromatic carbocycles. The van der Waals surface area contributed by atoms with Gasteiger partial charge in [0.1, 0.15) is 0 Å². The smallest absolute Gasteiger partial charge is 0.0646 e. The van der Waals surface area contributed by atoms with Crippen LogP contribution in [0.15, 0.2) is 42.5 Å². The lowest BCUT2D eigenvalue weighted by molar-refractivity contribution is 0.675. The van der Waals surface area contributed by atoms with E-state index in [2.05, 4.69) is 61.4 Å². The lowest BCUT2D eigenvalue weighted by Gasteiger charge is -2.24. The van der Waals surface area contributed by atoms with Crippen molar-refractivity contribution >= 4 is 23.0 Å². The van der Waals surface area contributed by atoms with Crippen molar-refractivity contribution in [1.82, 2.24) is 5.32 Å². The van der Waals surface area contributed by atoms with Gasteiger partial charge in [-0.25, -0.2) is 0 Å². The van der Waals surface area contributed by atoms with Gasteiger partial charge < -0.3 is 10.2 Å². The van der Waals surface area contributed by atoms with Crippen LogP contribution in [0.4, 0.5) is 11.4 Å². The first-order valence-electron chi connectivity index (χ1n) is 7.42. The van der Waals surface area contributed by atoms with Crippen LogP contribution in [0.25, 0.3) is 0 Å². The molecule has 0 saturated heterocycles. The summed E-state index contributed by atoms with van der Waals surface area (Å²) in [6, 6.07) is 14.6. The first-order chi connectivity index (χ1) is 10.1. The number of hydrogen-bond donors (Lipinski definition) is 1. The number of nitrogens with one attached hydrogen (secondary N) is 1. The van der Waals surface area contributed by atoms with Gasteiger partial charge in [0.15, 0.2) is 0 Å². The molecule has 2 rings (SSSR count). The highest BCUT2D eigenvalue weighted by molar-refractivity contribution is 6.33. The van der Waals surface area contributed by atoms with Crippen molar-refractivity contribution in [2.24, 2.45) is 0 Å². The van der Waals surface area contributed by atoms with Crippen LogP contribution >= 0.6 is 11.6 Å². The maximum Gasteiger partial charge on any atom is 0.0646 e. The molecule has 0 bridgehead atoms. The Hall–Kier alpha value is -1.51. The molecular weight excluding hydrogens is 280 g/mol. The van der Waals surface area contributed by atoms with Gasteiger partial charge in [-0.2, -0.15) is 0 Å². The largest absolute Gasteiger partial charge is 0.343 e. The second-order valence-corrected chi connectivity index (χ2v) is 5.73. The second kappa shape index (κ2) is 7.48. The van der Waals surface area contributed by atoms with E-state index in [9.17, 15) is 0 Å². The van der Waals surface area contributed by atoms with Crippen molar-refractivity contribution < 1.29 is 0 Å². The molecule has 3 heteroatoms. The Morgan fingerprint density at radius 2 is 1.90 bits per heavy atom. The van der Waals surface area contributed by atoms with Gasteiger partial charge in [0.2, 0.25) is 0 Å². The van der Waals surface area contributed by atoms with E-state index in [4.69, 9.17) is 11.6 Å². The fraction of sp³-hybridized carbons (Fsp3) is 0.333. The summed E-state index contributed by atoms with van der Waals surface area (Å²) < 4.78 is 0. The molecule has 0 aromatic heterocycles. The molecule has 0 unspecified atom stereocenters. The lowest BCUT2D eigenvalue weighted by atomic mass is 10.1. The average Bonchev–Trinajstić information content (AvgIpc) is 2.47. The molecule has 1 N–H and O–H groups in total. The number of anilines is 2. The number of halogens is 1. The van der Waals surface area contributed by atoms with Crippen molar-refractivity contribution in [1.29, 1.82) is 0 Å². The SMILES string of the molecule is CCCNCc1cccc(Cl)c1N(C)c1cccc(C)c1. The van der Waals surface area contributed by atoms with Gasteiger partial charge in [-0.1, -0.05) is 42.8 Å². The molecule has 0 amide bonds. The Bertz CT molecular complexity index is 596. The predicted molar refractivity (Wildman–Crippen MR) is 92.7 cm³/mol. The van der Waals surface area contributed by atoms with Crippen LogP contribution in [0.2, 0.25) is 5.02 Å². The van der Waals surface area contributed by atoms with Gasteiger partial charge in [-0.15, -0.1) is 0 Å². The first-order valence-corrected chi connectivity index (χ1v) is 7.79. The average molecular weight is 303 g/mol. The molecule has 0 saturated carbocycles. The van der Waals surface area contributed by atoms with E-state index in [0.717, 1.165) is 35.9 Å². The Morgan fingerprint density at radius 1 is 1.14 bits per heavy atom. The summed E-state index contributed by atoms with van der Waals surface area (Å²) in [7, 11) is 2.07. The lowest BCUT2D eigenvalue weighted by Crippen LogP contribution is -2.18. The summed E-state index contributed by atoms with van der Waals surface area (Å²) in [5, 5.41) is 4.24. The van der Waals surface area contributed by atoms with Gasteiger partial charge in [0.25, 0.3) is 0 Å². The zero-order chi connectivity index (χ0) is 15.2. The van der Waals surface area contributed by atoms with Crippen LogP contribution in [-0.4, -0.2) is 13.6 Å². The molecule has 0 radical (unpaired) electrons. The van der Waals surface area contributed by atoms with Gasteiger partial charge in [-0.3, -0.25) is 0 Å². The van der Waals surface area contributed by atoms with Crippen LogP contribution in [-0.2, 0) is 6.54 Å². The third-order valence-electron chi connectivity index (χ3n) is 3.54. The van der Waals surface area contributed by atoms with Gasteiger partial charge in [0.05, 0.1) is 10.7 Å². The number of nitrogens with zero attached hydrogens (tertiary/aromatic N) is 1. The molecule has 0 aliphatic carbocycles. The van der Waals surface area contributed by atoms with E-state index in [1.54, 1.807) is 0 Å². The Kier molecular flexibility index (Phi) is 5.66. The number of hydrogen-bond acceptors (Lipinski definition) is 2. The fourth-order valence-electron chi connectivity index (χ4n) is 2.44. The molecular formula is C18H23ClN2. The van der Waals surface area contributed by atoms with Crippen molar-refractivity contribution in [3.05, 3.63) is 58.6 Å². The molecule has 21 heavy (non-hydrogen) atoms. The van der Waals surface area contributed by atoms with E-state index in [-0.39, 0.29) is 0 Å². The summed E-state index contributed by atoms with van der Waals surface area (Å²) in [5.41, 5.74) is 4.70. The molecule has 0 aliphatic rings. The minimum atomic E-state index is 0.787. The number of aryl methyl sites for hydroxylation is 1. The maximum atomic E-state index is 6.46. The Labute approximate surface area is 132 Å².